The van der Waals surface area contributed by atoms with Gasteiger partial charge in [0.15, 0.2) is 5.41 Å². The second kappa shape index (κ2) is 11.2. The van der Waals surface area contributed by atoms with Crippen molar-refractivity contribution in [2.45, 2.75) is 11.3 Å². The largest absolute Gasteiger partial charge is 0.468 e. The molecule has 13 nitrogen and oxygen atoms in total. The Bertz CT molecular complexity index is 1450. The molecule has 0 aliphatic heterocycles. The van der Waals surface area contributed by atoms with Crippen LogP contribution in [-0.4, -0.2) is 83.5 Å². The molecule has 0 amide bonds. The quantitative estimate of drug-likeness (QED) is 0.295. The molecule has 1 N–H and O–H groups in total. The molecule has 0 radical (unpaired) electrons. The summed E-state index contributed by atoms with van der Waals surface area (Å²) in [4.78, 5) is 82.8. The van der Waals surface area contributed by atoms with Crippen molar-refractivity contribution in [2.24, 2.45) is 0 Å². The lowest BCUT2D eigenvalue weighted by Crippen LogP contribution is -2.51. The van der Waals surface area contributed by atoms with Crippen LogP contribution in [0.4, 0.5) is 0 Å². The van der Waals surface area contributed by atoms with Crippen molar-refractivity contribution in [2.75, 3.05) is 42.7 Å². The van der Waals surface area contributed by atoms with E-state index in [4.69, 9.17) is 23.7 Å². The number of aromatic amines is 1. The zero-order valence-corrected chi connectivity index (χ0v) is 21.9. The maximum absolute atomic E-state index is 13.9. The Balaban J connectivity index is 2.81. The van der Waals surface area contributed by atoms with Gasteiger partial charge in [0, 0.05) is 28.2 Å². The minimum Gasteiger partial charge on any atom is -0.468 e. The van der Waals surface area contributed by atoms with Crippen LogP contribution >= 0.6 is 0 Å². The molecule has 0 saturated carbocycles. The van der Waals surface area contributed by atoms with Crippen molar-refractivity contribution in [3.8, 4) is 0 Å². The van der Waals surface area contributed by atoms with Crippen LogP contribution in [0.3, 0.4) is 0 Å². The van der Waals surface area contributed by atoms with Crippen LogP contribution in [0.1, 0.15) is 17.2 Å². The van der Waals surface area contributed by atoms with E-state index < -0.39 is 63.9 Å². The lowest BCUT2D eigenvalue weighted by Gasteiger charge is -2.39. The van der Waals surface area contributed by atoms with E-state index in [9.17, 15) is 28.8 Å². The fourth-order valence-electron chi connectivity index (χ4n) is 4.77. The number of H-pyrrole nitrogens is 1. The summed E-state index contributed by atoms with van der Waals surface area (Å²) in [6.45, 7) is 0. The highest BCUT2D eigenvalue weighted by molar-refractivity contribution is 6.20. The summed E-state index contributed by atoms with van der Waals surface area (Å²) in [5, 5.41) is 0.323. The van der Waals surface area contributed by atoms with Crippen molar-refractivity contribution in [1.82, 2.24) is 4.98 Å². The van der Waals surface area contributed by atoms with E-state index in [2.05, 4.69) is 9.72 Å². The number of ether oxygens (including phenoxy) is 6. The van der Waals surface area contributed by atoms with Crippen molar-refractivity contribution < 1.29 is 57.2 Å². The predicted molar refractivity (Wildman–Crippen MR) is 130 cm³/mol. The topological polar surface area (TPSA) is 174 Å². The number of para-hydroxylation sites is 1. The minimum atomic E-state index is -2.72. The second-order valence-electron chi connectivity index (χ2n) is 8.00. The van der Waals surface area contributed by atoms with Gasteiger partial charge in [0.05, 0.1) is 59.4 Å². The van der Waals surface area contributed by atoms with Gasteiger partial charge in [0.1, 0.15) is 5.92 Å². The first-order valence-corrected chi connectivity index (χ1v) is 11.2. The Labute approximate surface area is 221 Å². The van der Waals surface area contributed by atoms with E-state index in [-0.39, 0.29) is 11.3 Å². The first kappa shape index (κ1) is 28.6. The van der Waals surface area contributed by atoms with Gasteiger partial charge >= 0.3 is 35.8 Å². The zero-order chi connectivity index (χ0) is 29.1. The normalized spacial score (nSPS) is 18.5. The average molecular weight is 543 g/mol. The number of fused-ring (bicyclic) bond motifs is 3. The highest BCUT2D eigenvalue weighted by Gasteiger charge is 2.63. The summed E-state index contributed by atoms with van der Waals surface area (Å²) in [6, 6.07) is 6.41. The summed E-state index contributed by atoms with van der Waals surface area (Å²) < 4.78 is 29.5. The van der Waals surface area contributed by atoms with Crippen LogP contribution in [0.25, 0.3) is 10.9 Å². The summed E-state index contributed by atoms with van der Waals surface area (Å²) in [5.41, 5.74) is -4.94. The van der Waals surface area contributed by atoms with Gasteiger partial charge in [-0.15, -0.1) is 0 Å². The molecule has 0 bridgehead atoms. The SMILES string of the molecule is COC(=O)/C=C(\C(=O)OC)C1(C(=O)OC)C(C(=O)OC)=C(C(=O)OC)C(C(=O)OC)c2c1[nH]c1ccccc21. The highest BCUT2D eigenvalue weighted by Crippen LogP contribution is 2.54. The highest BCUT2D eigenvalue weighted by atomic mass is 16.5. The number of rotatable bonds is 7. The third-order valence-corrected chi connectivity index (χ3v) is 6.34. The first-order valence-electron chi connectivity index (χ1n) is 11.2. The van der Waals surface area contributed by atoms with Crippen LogP contribution in [0.2, 0.25) is 0 Å². The van der Waals surface area contributed by atoms with Crippen molar-refractivity contribution in [1.29, 1.82) is 0 Å². The Morgan fingerprint density at radius 2 is 1.44 bits per heavy atom. The van der Waals surface area contributed by atoms with E-state index in [0.29, 0.717) is 17.0 Å². The molecule has 206 valence electrons. The number of esters is 6. The molecule has 0 spiro atoms. The lowest BCUT2D eigenvalue weighted by atomic mass is 9.61. The molecule has 2 atom stereocenters. The van der Waals surface area contributed by atoms with Gasteiger partial charge in [-0.05, 0) is 6.07 Å². The van der Waals surface area contributed by atoms with E-state index in [1.54, 1.807) is 24.3 Å². The van der Waals surface area contributed by atoms with Crippen LogP contribution in [0.5, 0.6) is 0 Å². The van der Waals surface area contributed by atoms with Gasteiger partial charge in [-0.3, -0.25) is 9.59 Å². The Kier molecular flexibility index (Phi) is 8.23. The maximum atomic E-state index is 13.9. The van der Waals surface area contributed by atoms with Gasteiger partial charge < -0.3 is 33.4 Å². The first-order chi connectivity index (χ1) is 18.6. The third-order valence-electron chi connectivity index (χ3n) is 6.34. The van der Waals surface area contributed by atoms with Crippen molar-refractivity contribution in [3.05, 3.63) is 58.3 Å². The molecular weight excluding hydrogens is 518 g/mol. The van der Waals surface area contributed by atoms with Gasteiger partial charge in [-0.25, -0.2) is 19.2 Å². The molecule has 1 aromatic carbocycles. The number of nitrogens with one attached hydrogen (secondary N) is 1. The van der Waals surface area contributed by atoms with Gasteiger partial charge in [0.2, 0.25) is 0 Å². The summed E-state index contributed by atoms with van der Waals surface area (Å²) in [5.74, 6) is -8.87. The van der Waals surface area contributed by atoms with Gasteiger partial charge in [-0.1, -0.05) is 18.2 Å². The van der Waals surface area contributed by atoms with Crippen LogP contribution in [-0.2, 0) is 62.6 Å². The van der Waals surface area contributed by atoms with Crippen molar-refractivity contribution >= 4 is 46.7 Å². The maximum Gasteiger partial charge on any atom is 0.336 e. The summed E-state index contributed by atoms with van der Waals surface area (Å²) >= 11 is 0. The van der Waals surface area contributed by atoms with E-state index >= 15 is 0 Å². The molecular formula is C26H25NO12. The monoisotopic (exact) mass is 543 g/mol. The molecule has 1 aliphatic rings. The fraction of sp³-hybridized carbons (Fsp3) is 0.308. The Hall–Kier alpha value is -4.94. The number of aromatic nitrogens is 1. The summed E-state index contributed by atoms with van der Waals surface area (Å²) in [6.07, 6.45) is 0.619. The van der Waals surface area contributed by atoms with Crippen LogP contribution < -0.4 is 0 Å². The standard InChI is InChI=1S/C26H25NO12/c1-34-15(28)11-13(21(29)35-2)26(25(33)39-6)19(24(32)38-5)18(23(31)37-4)17(22(30)36-3)16-12-9-7-8-10-14(12)27-20(16)26/h7-11,17,27H,1-6H3/b13-11+. The van der Waals surface area contributed by atoms with E-state index in [1.807, 2.05) is 0 Å². The molecule has 3 rings (SSSR count). The Morgan fingerprint density at radius 1 is 0.795 bits per heavy atom. The number of hydrogen-bond donors (Lipinski definition) is 1. The van der Waals surface area contributed by atoms with Gasteiger partial charge in [0.25, 0.3) is 0 Å². The lowest BCUT2D eigenvalue weighted by molar-refractivity contribution is -0.152. The minimum absolute atomic E-state index is 0.0180. The summed E-state index contributed by atoms with van der Waals surface area (Å²) in [7, 11) is 5.92. The van der Waals surface area contributed by atoms with Crippen molar-refractivity contribution in [3.63, 3.8) is 0 Å². The molecule has 0 fully saturated rings. The number of methoxy groups -OCH3 is 6. The number of hydrogen-bond acceptors (Lipinski definition) is 12. The average Bonchev–Trinajstić information content (AvgIpc) is 3.36. The second-order valence-corrected chi connectivity index (χ2v) is 8.00. The number of benzene rings is 1. The number of carbonyl (C=O) groups is 6. The molecule has 39 heavy (non-hydrogen) atoms. The smallest absolute Gasteiger partial charge is 0.336 e. The number of carbonyl (C=O) groups excluding carboxylic acids is 6. The molecule has 0 saturated heterocycles. The Morgan fingerprint density at radius 3 is 1.97 bits per heavy atom. The van der Waals surface area contributed by atoms with Crippen LogP contribution in [0, 0.1) is 0 Å². The molecule has 2 aromatic rings. The fourth-order valence-corrected chi connectivity index (χ4v) is 4.77. The molecule has 1 heterocycles. The van der Waals surface area contributed by atoms with E-state index in [1.165, 1.54) is 0 Å². The third kappa shape index (κ3) is 4.31. The molecule has 13 heteroatoms. The predicted octanol–water partition coefficient (Wildman–Crippen LogP) is 0.764. The molecule has 1 aliphatic carbocycles. The van der Waals surface area contributed by atoms with E-state index in [0.717, 1.165) is 42.7 Å². The van der Waals surface area contributed by atoms with Gasteiger partial charge in [-0.2, -0.15) is 0 Å². The molecule has 1 aromatic heterocycles. The molecule has 2 unspecified atom stereocenters. The zero-order valence-electron chi connectivity index (χ0n) is 21.9. The van der Waals surface area contributed by atoms with Crippen LogP contribution in [0.15, 0.2) is 47.1 Å².